The number of alkyl halides is 1. The molecular formula is C12H16ClNO4S2. The maximum atomic E-state index is 12.2. The first kappa shape index (κ1) is 15.8. The van der Waals surface area contributed by atoms with Crippen molar-refractivity contribution in [3.8, 4) is 0 Å². The molecule has 0 bridgehead atoms. The van der Waals surface area contributed by atoms with E-state index < -0.39 is 31.3 Å². The highest BCUT2D eigenvalue weighted by molar-refractivity contribution is 7.92. The highest BCUT2D eigenvalue weighted by atomic mass is 35.5. The van der Waals surface area contributed by atoms with Gasteiger partial charge < -0.3 is 0 Å². The normalized spacial score (nSPS) is 25.7. The molecule has 1 aromatic carbocycles. The zero-order valence-electron chi connectivity index (χ0n) is 10.9. The van der Waals surface area contributed by atoms with Crippen LogP contribution in [0.4, 0.5) is 0 Å². The first-order valence-electron chi connectivity index (χ1n) is 6.19. The Morgan fingerprint density at radius 3 is 2.30 bits per heavy atom. The fourth-order valence-electron chi connectivity index (χ4n) is 2.08. The number of hydrogen-bond acceptors (Lipinski definition) is 4. The predicted molar refractivity (Wildman–Crippen MR) is 78.2 cm³/mol. The molecule has 0 aromatic heterocycles. The number of rotatable bonds is 4. The Morgan fingerprint density at radius 2 is 1.85 bits per heavy atom. The number of hydrogen-bond donors (Lipinski definition) is 1. The molecule has 0 aliphatic carbocycles. The van der Waals surface area contributed by atoms with Gasteiger partial charge in [-0.1, -0.05) is 19.1 Å². The van der Waals surface area contributed by atoms with Gasteiger partial charge in [0.2, 0.25) is 10.0 Å². The van der Waals surface area contributed by atoms with E-state index in [1.54, 1.807) is 12.1 Å². The van der Waals surface area contributed by atoms with Crippen molar-refractivity contribution < 1.29 is 16.8 Å². The summed E-state index contributed by atoms with van der Waals surface area (Å²) in [6.45, 7) is 1.98. The molecule has 20 heavy (non-hydrogen) atoms. The number of sulfonamides is 1. The Morgan fingerprint density at radius 1 is 1.25 bits per heavy atom. The lowest BCUT2D eigenvalue weighted by molar-refractivity contribution is 0.563. The predicted octanol–water partition coefficient (Wildman–Crippen LogP) is 0.932. The van der Waals surface area contributed by atoms with Gasteiger partial charge in [-0.3, -0.25) is 0 Å². The smallest absolute Gasteiger partial charge is 0.229 e. The monoisotopic (exact) mass is 337 g/mol. The molecule has 1 fully saturated rings. The molecule has 1 aliphatic heterocycles. The number of benzene rings is 1. The Hall–Kier alpha value is -0.630. The average molecular weight is 338 g/mol. The van der Waals surface area contributed by atoms with Crippen molar-refractivity contribution in [2.24, 2.45) is 0 Å². The second-order valence-electron chi connectivity index (χ2n) is 4.82. The molecule has 0 saturated carbocycles. The summed E-state index contributed by atoms with van der Waals surface area (Å²) in [6.07, 6.45) is 0.818. The summed E-state index contributed by atoms with van der Waals surface area (Å²) < 4.78 is 49.6. The SMILES string of the molecule is CCc1ccc(S(=O)(=O)N[C@@H]2CS(=O)(=O)C[C@H]2Cl)cc1. The molecule has 1 aliphatic rings. The first-order chi connectivity index (χ1) is 9.23. The van der Waals surface area contributed by atoms with Gasteiger partial charge in [0, 0.05) is 0 Å². The fourth-order valence-corrected chi connectivity index (χ4v) is 6.09. The van der Waals surface area contributed by atoms with Gasteiger partial charge in [0.25, 0.3) is 0 Å². The molecule has 2 atom stereocenters. The second kappa shape index (κ2) is 5.63. The number of sulfone groups is 1. The van der Waals surface area contributed by atoms with Crippen LogP contribution in [-0.4, -0.2) is 39.8 Å². The second-order valence-corrected chi connectivity index (χ2v) is 9.25. The molecule has 0 unspecified atom stereocenters. The van der Waals surface area contributed by atoms with Gasteiger partial charge in [-0.2, -0.15) is 0 Å². The molecule has 1 N–H and O–H groups in total. The van der Waals surface area contributed by atoms with Crippen LogP contribution >= 0.6 is 11.6 Å². The standard InChI is InChI=1S/C12H16ClNO4S2/c1-2-9-3-5-10(6-4-9)20(17,18)14-12-8-19(15,16)7-11(12)13/h3-6,11-12,14H,2,7-8H2,1H3/t11-,12-/m1/s1. The molecule has 5 nitrogen and oxygen atoms in total. The Kier molecular flexibility index (Phi) is 4.44. The summed E-state index contributed by atoms with van der Waals surface area (Å²) in [6, 6.07) is 5.70. The molecule has 0 radical (unpaired) electrons. The summed E-state index contributed by atoms with van der Waals surface area (Å²) in [4.78, 5) is 0.114. The minimum Gasteiger partial charge on any atom is -0.229 e. The van der Waals surface area contributed by atoms with Gasteiger partial charge in [-0.05, 0) is 24.1 Å². The quantitative estimate of drug-likeness (QED) is 0.829. The third kappa shape index (κ3) is 3.52. The number of aryl methyl sites for hydroxylation is 1. The molecule has 1 heterocycles. The van der Waals surface area contributed by atoms with Gasteiger partial charge in [0.15, 0.2) is 9.84 Å². The van der Waals surface area contributed by atoms with E-state index in [4.69, 9.17) is 11.6 Å². The molecule has 1 saturated heterocycles. The molecule has 8 heteroatoms. The van der Waals surface area contributed by atoms with Crippen molar-refractivity contribution in [1.82, 2.24) is 4.72 Å². The van der Waals surface area contributed by atoms with Crippen molar-refractivity contribution >= 4 is 31.5 Å². The molecule has 112 valence electrons. The zero-order valence-corrected chi connectivity index (χ0v) is 13.3. The van der Waals surface area contributed by atoms with Crippen LogP contribution in [0, 0.1) is 0 Å². The lowest BCUT2D eigenvalue weighted by atomic mass is 10.2. The molecule has 2 rings (SSSR count). The van der Waals surface area contributed by atoms with E-state index in [1.165, 1.54) is 12.1 Å². The summed E-state index contributed by atoms with van der Waals surface area (Å²) >= 11 is 5.90. The highest BCUT2D eigenvalue weighted by Gasteiger charge is 2.38. The van der Waals surface area contributed by atoms with E-state index in [9.17, 15) is 16.8 Å². The Labute approximate surface area is 124 Å². The summed E-state index contributed by atoms with van der Waals surface area (Å²) in [5, 5.41) is -0.732. The van der Waals surface area contributed by atoms with Crippen LogP contribution in [-0.2, 0) is 26.3 Å². The van der Waals surface area contributed by atoms with Crippen LogP contribution in [0.2, 0.25) is 0 Å². The van der Waals surface area contributed by atoms with Crippen molar-refractivity contribution in [3.63, 3.8) is 0 Å². The van der Waals surface area contributed by atoms with E-state index >= 15 is 0 Å². The van der Waals surface area contributed by atoms with Crippen LogP contribution in [0.3, 0.4) is 0 Å². The third-order valence-corrected chi connectivity index (χ3v) is 7.11. The van der Waals surface area contributed by atoms with Gasteiger partial charge in [-0.15, -0.1) is 11.6 Å². The van der Waals surface area contributed by atoms with Crippen molar-refractivity contribution in [3.05, 3.63) is 29.8 Å². The van der Waals surface area contributed by atoms with E-state index in [0.29, 0.717) is 0 Å². The Bertz CT molecular complexity index is 683. The minimum absolute atomic E-state index is 0.114. The lowest BCUT2D eigenvalue weighted by Gasteiger charge is -2.14. The van der Waals surface area contributed by atoms with Crippen molar-refractivity contribution in [1.29, 1.82) is 0 Å². The van der Waals surface area contributed by atoms with E-state index in [0.717, 1.165) is 12.0 Å². The van der Waals surface area contributed by atoms with Crippen LogP contribution < -0.4 is 4.72 Å². The van der Waals surface area contributed by atoms with Gasteiger partial charge >= 0.3 is 0 Å². The van der Waals surface area contributed by atoms with E-state index in [1.807, 2.05) is 6.92 Å². The largest absolute Gasteiger partial charge is 0.240 e. The Balaban J connectivity index is 2.19. The maximum absolute atomic E-state index is 12.2. The topological polar surface area (TPSA) is 80.3 Å². The number of halogens is 1. The van der Waals surface area contributed by atoms with Crippen LogP contribution in [0.1, 0.15) is 12.5 Å². The summed E-state index contributed by atoms with van der Waals surface area (Å²) in [5.41, 5.74) is 1.03. The van der Waals surface area contributed by atoms with Crippen LogP contribution in [0.15, 0.2) is 29.2 Å². The lowest BCUT2D eigenvalue weighted by Crippen LogP contribution is -2.40. The van der Waals surface area contributed by atoms with Gasteiger partial charge in [-0.25, -0.2) is 21.6 Å². The van der Waals surface area contributed by atoms with Gasteiger partial charge in [0.1, 0.15) is 0 Å². The fraction of sp³-hybridized carbons (Fsp3) is 0.500. The molecule has 1 aromatic rings. The summed E-state index contributed by atoms with van der Waals surface area (Å²) in [7, 11) is -7.02. The highest BCUT2D eigenvalue weighted by Crippen LogP contribution is 2.20. The third-order valence-electron chi connectivity index (χ3n) is 3.23. The molecule has 0 amide bonds. The van der Waals surface area contributed by atoms with Crippen molar-refractivity contribution in [2.45, 2.75) is 29.7 Å². The molecular weight excluding hydrogens is 322 g/mol. The average Bonchev–Trinajstić information content (AvgIpc) is 2.61. The zero-order chi connectivity index (χ0) is 15.0. The van der Waals surface area contributed by atoms with Crippen LogP contribution in [0.5, 0.6) is 0 Å². The van der Waals surface area contributed by atoms with E-state index in [2.05, 4.69) is 4.72 Å². The molecule has 0 spiro atoms. The number of nitrogens with one attached hydrogen (secondary N) is 1. The van der Waals surface area contributed by atoms with Crippen LogP contribution in [0.25, 0.3) is 0 Å². The van der Waals surface area contributed by atoms with Crippen molar-refractivity contribution in [2.75, 3.05) is 11.5 Å². The first-order valence-corrected chi connectivity index (χ1v) is 9.93. The van der Waals surface area contributed by atoms with Gasteiger partial charge in [0.05, 0.1) is 27.8 Å². The maximum Gasteiger partial charge on any atom is 0.240 e. The minimum atomic E-state index is -3.75. The van der Waals surface area contributed by atoms with E-state index in [-0.39, 0.29) is 16.4 Å². The summed E-state index contributed by atoms with van der Waals surface area (Å²) in [5.74, 6) is -0.454.